The smallest absolute Gasteiger partial charge is 0.203 e. The number of nitrogens with one attached hydrogen (secondary N) is 1. The van der Waals surface area contributed by atoms with Gasteiger partial charge in [0.15, 0.2) is 0 Å². The Morgan fingerprint density at radius 2 is 1.68 bits per heavy atom. The van der Waals surface area contributed by atoms with Gasteiger partial charge >= 0.3 is 0 Å². The van der Waals surface area contributed by atoms with Gasteiger partial charge < -0.3 is 9.88 Å². The fraction of sp³-hybridized carbons (Fsp3) is 0.105. The molecule has 3 aromatic rings. The molecule has 3 nitrogen and oxygen atoms in total. The van der Waals surface area contributed by atoms with E-state index in [1.54, 1.807) is 0 Å². The molecular formula is C19H19N3. The molecule has 1 heterocycles. The molecule has 110 valence electrons. The molecule has 3 heteroatoms. The molecule has 2 aromatic carbocycles. The Balaban J connectivity index is 1.65. The third-order valence-electron chi connectivity index (χ3n) is 3.55. The van der Waals surface area contributed by atoms with Crippen LogP contribution in [-0.4, -0.2) is 16.1 Å². The Morgan fingerprint density at radius 3 is 2.41 bits per heavy atom. The zero-order valence-electron chi connectivity index (χ0n) is 12.6. The summed E-state index contributed by atoms with van der Waals surface area (Å²) in [6, 6.07) is 20.6. The number of imidazole rings is 1. The van der Waals surface area contributed by atoms with Crippen molar-refractivity contribution in [2.24, 2.45) is 7.05 Å². The van der Waals surface area contributed by atoms with E-state index >= 15 is 0 Å². The van der Waals surface area contributed by atoms with Crippen LogP contribution < -0.4 is 5.32 Å². The molecule has 1 N–H and O–H groups in total. The normalized spacial score (nSPS) is 11.0. The molecule has 22 heavy (non-hydrogen) atoms. The van der Waals surface area contributed by atoms with Crippen LogP contribution in [0.5, 0.6) is 0 Å². The average Bonchev–Trinajstić information content (AvgIpc) is 2.94. The average molecular weight is 289 g/mol. The van der Waals surface area contributed by atoms with E-state index in [4.69, 9.17) is 0 Å². The largest absolute Gasteiger partial charge is 0.352 e. The van der Waals surface area contributed by atoms with Crippen molar-refractivity contribution in [3.63, 3.8) is 0 Å². The molecule has 0 saturated heterocycles. The first-order valence-electron chi connectivity index (χ1n) is 7.37. The van der Waals surface area contributed by atoms with Crippen LogP contribution in [0.15, 0.2) is 72.9 Å². The van der Waals surface area contributed by atoms with Crippen LogP contribution >= 0.6 is 0 Å². The van der Waals surface area contributed by atoms with E-state index in [9.17, 15) is 0 Å². The van der Waals surface area contributed by atoms with Gasteiger partial charge in [0.25, 0.3) is 0 Å². The third-order valence-corrected chi connectivity index (χ3v) is 3.55. The predicted octanol–water partition coefficient (Wildman–Crippen LogP) is 4.21. The quantitative estimate of drug-likeness (QED) is 0.762. The fourth-order valence-corrected chi connectivity index (χ4v) is 2.36. The van der Waals surface area contributed by atoms with Crippen molar-refractivity contribution >= 4 is 12.0 Å². The zero-order chi connectivity index (χ0) is 15.2. The highest BCUT2D eigenvalue weighted by Gasteiger charge is 2.06. The predicted molar refractivity (Wildman–Crippen MR) is 92.6 cm³/mol. The van der Waals surface area contributed by atoms with Crippen molar-refractivity contribution in [1.82, 2.24) is 9.55 Å². The van der Waals surface area contributed by atoms with Gasteiger partial charge in [0.05, 0.1) is 11.9 Å². The van der Waals surface area contributed by atoms with Crippen molar-refractivity contribution in [1.29, 1.82) is 0 Å². The Labute approximate surface area is 131 Å². The first kappa shape index (κ1) is 14.1. The van der Waals surface area contributed by atoms with E-state index in [1.165, 1.54) is 11.1 Å². The highest BCUT2D eigenvalue weighted by molar-refractivity contribution is 5.61. The van der Waals surface area contributed by atoms with Gasteiger partial charge in [-0.2, -0.15) is 0 Å². The van der Waals surface area contributed by atoms with Gasteiger partial charge in [0.1, 0.15) is 0 Å². The van der Waals surface area contributed by atoms with Crippen LogP contribution in [0.25, 0.3) is 17.3 Å². The minimum Gasteiger partial charge on any atom is -0.352 e. The molecule has 0 radical (unpaired) electrons. The fourth-order valence-electron chi connectivity index (χ4n) is 2.36. The molecule has 0 atom stereocenters. The summed E-state index contributed by atoms with van der Waals surface area (Å²) in [5.41, 5.74) is 3.48. The monoisotopic (exact) mass is 289 g/mol. The van der Waals surface area contributed by atoms with Gasteiger partial charge in [-0.25, -0.2) is 4.98 Å². The summed E-state index contributed by atoms with van der Waals surface area (Å²) in [6.07, 6.45) is 6.11. The molecule has 0 amide bonds. The lowest BCUT2D eigenvalue weighted by Crippen LogP contribution is -2.05. The van der Waals surface area contributed by atoms with Gasteiger partial charge in [-0.1, -0.05) is 72.8 Å². The summed E-state index contributed by atoms with van der Waals surface area (Å²) in [6.45, 7) is 0.744. The summed E-state index contributed by atoms with van der Waals surface area (Å²) >= 11 is 0. The van der Waals surface area contributed by atoms with Gasteiger partial charge in [0, 0.05) is 13.6 Å². The highest BCUT2D eigenvalue weighted by Crippen LogP contribution is 2.21. The summed E-state index contributed by atoms with van der Waals surface area (Å²) in [7, 11) is 2.03. The lowest BCUT2D eigenvalue weighted by molar-refractivity contribution is 0.920. The number of rotatable bonds is 5. The maximum Gasteiger partial charge on any atom is 0.203 e. The summed E-state index contributed by atoms with van der Waals surface area (Å²) in [5, 5.41) is 3.34. The minimum atomic E-state index is 0.744. The number of hydrogen-bond donors (Lipinski definition) is 1. The Kier molecular flexibility index (Phi) is 4.35. The molecule has 1 aromatic heterocycles. The van der Waals surface area contributed by atoms with Crippen LogP contribution in [-0.2, 0) is 7.05 Å². The molecule has 0 saturated carbocycles. The Morgan fingerprint density at radius 1 is 1.00 bits per heavy atom. The van der Waals surface area contributed by atoms with E-state index in [-0.39, 0.29) is 0 Å². The van der Waals surface area contributed by atoms with Crippen molar-refractivity contribution < 1.29 is 0 Å². The lowest BCUT2D eigenvalue weighted by Gasteiger charge is -2.06. The first-order valence-corrected chi connectivity index (χ1v) is 7.37. The van der Waals surface area contributed by atoms with Crippen LogP contribution in [0.3, 0.4) is 0 Å². The number of aromatic nitrogens is 2. The van der Waals surface area contributed by atoms with E-state index in [0.29, 0.717) is 0 Å². The Bertz CT molecular complexity index is 743. The SMILES string of the molecule is Cn1c(-c2ccccc2)cnc1NCC=Cc1ccccc1. The number of nitrogens with zero attached hydrogens (tertiary/aromatic N) is 2. The molecule has 3 rings (SSSR count). The number of hydrogen-bond acceptors (Lipinski definition) is 2. The maximum atomic E-state index is 4.45. The van der Waals surface area contributed by atoms with Gasteiger partial charge in [-0.05, 0) is 11.1 Å². The number of benzene rings is 2. The van der Waals surface area contributed by atoms with E-state index < -0.39 is 0 Å². The standard InChI is InChI=1S/C19H19N3/c1-22-18(17-12-6-3-7-13-17)15-21-19(22)20-14-8-11-16-9-4-2-5-10-16/h2-13,15H,14H2,1H3,(H,20,21). The molecule has 0 aliphatic heterocycles. The summed E-state index contributed by atoms with van der Waals surface area (Å²) in [5.74, 6) is 0.872. The van der Waals surface area contributed by atoms with Gasteiger partial charge in [-0.15, -0.1) is 0 Å². The van der Waals surface area contributed by atoms with Crippen molar-refractivity contribution in [2.75, 3.05) is 11.9 Å². The van der Waals surface area contributed by atoms with Crippen LogP contribution in [0.4, 0.5) is 5.95 Å². The summed E-state index contributed by atoms with van der Waals surface area (Å²) in [4.78, 5) is 4.45. The maximum absolute atomic E-state index is 4.45. The number of anilines is 1. The first-order chi connectivity index (χ1) is 10.8. The Hall–Kier alpha value is -2.81. The van der Waals surface area contributed by atoms with Crippen LogP contribution in [0, 0.1) is 0 Å². The van der Waals surface area contributed by atoms with E-state index in [1.807, 2.05) is 49.6 Å². The molecule has 0 fully saturated rings. The molecule has 0 bridgehead atoms. The summed E-state index contributed by atoms with van der Waals surface area (Å²) < 4.78 is 2.08. The zero-order valence-corrected chi connectivity index (χ0v) is 12.6. The second kappa shape index (κ2) is 6.76. The molecular weight excluding hydrogens is 270 g/mol. The molecule has 0 aliphatic carbocycles. The van der Waals surface area contributed by atoms with Gasteiger partial charge in [-0.3, -0.25) is 0 Å². The van der Waals surface area contributed by atoms with Crippen molar-refractivity contribution in [3.05, 3.63) is 78.5 Å². The van der Waals surface area contributed by atoms with E-state index in [0.717, 1.165) is 18.2 Å². The van der Waals surface area contributed by atoms with Crippen molar-refractivity contribution in [3.8, 4) is 11.3 Å². The molecule has 0 aliphatic rings. The van der Waals surface area contributed by atoms with Crippen molar-refractivity contribution in [2.45, 2.75) is 0 Å². The second-order valence-electron chi connectivity index (χ2n) is 5.09. The molecule has 0 unspecified atom stereocenters. The third kappa shape index (κ3) is 3.26. The molecule has 0 spiro atoms. The lowest BCUT2D eigenvalue weighted by atomic mass is 10.2. The second-order valence-corrected chi connectivity index (χ2v) is 5.09. The minimum absolute atomic E-state index is 0.744. The van der Waals surface area contributed by atoms with Crippen LogP contribution in [0.1, 0.15) is 5.56 Å². The van der Waals surface area contributed by atoms with Crippen LogP contribution in [0.2, 0.25) is 0 Å². The topological polar surface area (TPSA) is 29.9 Å². The van der Waals surface area contributed by atoms with Gasteiger partial charge in [0.2, 0.25) is 5.95 Å². The van der Waals surface area contributed by atoms with E-state index in [2.05, 4.69) is 51.3 Å². The highest BCUT2D eigenvalue weighted by atomic mass is 15.2.